The Morgan fingerprint density at radius 1 is 1.23 bits per heavy atom. The number of carbonyl (C=O) groups excluding carboxylic acids is 2. The second-order valence-corrected chi connectivity index (χ2v) is 9.50. The summed E-state index contributed by atoms with van der Waals surface area (Å²) < 4.78 is 5.54. The zero-order valence-electron chi connectivity index (χ0n) is 18.1. The van der Waals surface area contributed by atoms with Crippen molar-refractivity contribution in [3.8, 4) is 0 Å². The van der Waals surface area contributed by atoms with E-state index < -0.39 is 5.60 Å². The third kappa shape index (κ3) is 4.55. The van der Waals surface area contributed by atoms with Crippen LogP contribution in [0.2, 0.25) is 5.02 Å². The van der Waals surface area contributed by atoms with Crippen LogP contribution in [0.25, 0.3) is 5.57 Å². The number of ether oxygens (including phenoxy) is 1. The maximum Gasteiger partial charge on any atom is 0.410 e. The first-order chi connectivity index (χ1) is 14.8. The molecule has 1 aromatic carbocycles. The van der Waals surface area contributed by atoms with E-state index in [0.29, 0.717) is 36.8 Å². The van der Waals surface area contributed by atoms with Gasteiger partial charge in [0.15, 0.2) is 6.29 Å². The molecule has 1 aliphatic carbocycles. The topological polar surface area (TPSA) is 61.9 Å². The Morgan fingerprint density at radius 3 is 2.65 bits per heavy atom. The zero-order chi connectivity index (χ0) is 22.2. The first-order valence-corrected chi connectivity index (χ1v) is 11.0. The van der Waals surface area contributed by atoms with E-state index in [0.717, 1.165) is 23.0 Å². The first-order valence-electron chi connectivity index (χ1n) is 10.6. The zero-order valence-corrected chi connectivity index (χ0v) is 18.9. The molecule has 0 spiro atoms. The molecule has 0 saturated carbocycles. The van der Waals surface area contributed by atoms with Crippen molar-refractivity contribution in [2.75, 3.05) is 26.2 Å². The summed E-state index contributed by atoms with van der Waals surface area (Å²) in [5.41, 5.74) is 3.09. The molecule has 2 aliphatic heterocycles. The van der Waals surface area contributed by atoms with Gasteiger partial charge < -0.3 is 15.0 Å². The quantitative estimate of drug-likeness (QED) is 0.704. The third-order valence-electron chi connectivity index (χ3n) is 5.79. The number of amides is 1. The van der Waals surface area contributed by atoms with Gasteiger partial charge in [-0.2, -0.15) is 0 Å². The van der Waals surface area contributed by atoms with Crippen molar-refractivity contribution in [3.05, 3.63) is 64.3 Å². The number of nitrogens with one attached hydrogen (secondary N) is 1. The smallest absolute Gasteiger partial charge is 0.410 e. The molecular weight excluding hydrogens is 414 g/mol. The Labute approximate surface area is 188 Å². The fourth-order valence-electron chi connectivity index (χ4n) is 4.42. The van der Waals surface area contributed by atoms with E-state index in [4.69, 9.17) is 16.3 Å². The van der Waals surface area contributed by atoms with Crippen LogP contribution in [-0.4, -0.2) is 60.0 Å². The average molecular weight is 442 g/mol. The summed E-state index contributed by atoms with van der Waals surface area (Å²) in [4.78, 5) is 28.6. The number of nitrogens with zero attached hydrogens (tertiary/aromatic N) is 2. The molecule has 1 amide bonds. The number of carbonyl (C=O) groups is 2. The lowest BCUT2D eigenvalue weighted by atomic mass is 9.90. The lowest BCUT2D eigenvalue weighted by Crippen LogP contribution is -2.54. The van der Waals surface area contributed by atoms with Crippen LogP contribution in [0.1, 0.15) is 37.9 Å². The lowest BCUT2D eigenvalue weighted by Gasteiger charge is -2.43. The van der Waals surface area contributed by atoms with E-state index in [1.54, 1.807) is 4.90 Å². The van der Waals surface area contributed by atoms with E-state index in [2.05, 4.69) is 10.2 Å². The molecule has 7 heteroatoms. The van der Waals surface area contributed by atoms with E-state index in [9.17, 15) is 9.59 Å². The summed E-state index contributed by atoms with van der Waals surface area (Å²) >= 11 is 6.29. The summed E-state index contributed by atoms with van der Waals surface area (Å²) in [7, 11) is 0. The fourth-order valence-corrected chi connectivity index (χ4v) is 4.59. The highest BCUT2D eigenvalue weighted by atomic mass is 35.5. The average Bonchev–Trinajstić information content (AvgIpc) is 2.86. The van der Waals surface area contributed by atoms with Crippen LogP contribution >= 0.6 is 11.6 Å². The molecule has 1 unspecified atom stereocenters. The number of hydrogen-bond donors (Lipinski definition) is 1. The summed E-state index contributed by atoms with van der Waals surface area (Å²) in [6, 6.07) is 5.75. The van der Waals surface area contributed by atoms with E-state index in [1.165, 1.54) is 0 Å². The minimum absolute atomic E-state index is 0.00190. The SMILES string of the molecule is CC(C)(C)OC(=O)N1CCN([C@H]2c3ccc(Cl)cc3C(C=O)=CC3=CC=CNC32)CC1. The number of piperazine rings is 1. The van der Waals surface area contributed by atoms with Crippen LogP contribution in [-0.2, 0) is 9.53 Å². The highest BCUT2D eigenvalue weighted by molar-refractivity contribution is 6.31. The van der Waals surface area contributed by atoms with Gasteiger partial charge in [-0.05, 0) is 68.0 Å². The summed E-state index contributed by atoms with van der Waals surface area (Å²) in [6.07, 6.45) is 8.50. The maximum absolute atomic E-state index is 12.5. The van der Waals surface area contributed by atoms with Crippen LogP contribution in [0.4, 0.5) is 4.79 Å². The Bertz CT molecular complexity index is 969. The standard InChI is InChI=1S/C24H28ClN3O3/c1-24(2,3)31-23(30)28-11-9-27(10-12-28)22-19-7-6-18(25)14-20(19)17(15-29)13-16-5-4-8-26-21(16)22/h4-8,13-15,21-22,26H,9-12H2,1-3H3/t21?,22-/m0/s1. The summed E-state index contributed by atoms with van der Waals surface area (Å²) in [5.74, 6) is 0. The Hall–Kier alpha value is -2.57. The molecule has 164 valence electrons. The van der Waals surface area contributed by atoms with Gasteiger partial charge in [0, 0.05) is 36.8 Å². The fraction of sp³-hybridized carbons (Fsp3) is 0.417. The van der Waals surface area contributed by atoms with E-state index in [-0.39, 0.29) is 18.2 Å². The molecule has 4 rings (SSSR count). The predicted octanol–water partition coefficient (Wildman–Crippen LogP) is 3.94. The molecule has 3 aliphatic rings. The molecule has 1 fully saturated rings. The molecule has 0 aromatic heterocycles. The molecule has 0 radical (unpaired) electrons. The Balaban J connectivity index is 1.63. The van der Waals surface area contributed by atoms with Gasteiger partial charge in [-0.1, -0.05) is 23.7 Å². The van der Waals surface area contributed by atoms with E-state index >= 15 is 0 Å². The van der Waals surface area contributed by atoms with Crippen molar-refractivity contribution in [1.82, 2.24) is 15.1 Å². The van der Waals surface area contributed by atoms with Crippen molar-refractivity contribution in [3.63, 3.8) is 0 Å². The summed E-state index contributed by atoms with van der Waals surface area (Å²) in [6.45, 7) is 8.22. The lowest BCUT2D eigenvalue weighted by molar-refractivity contribution is -0.103. The number of fused-ring (bicyclic) bond motifs is 2. The number of benzene rings is 1. The Morgan fingerprint density at radius 2 is 1.97 bits per heavy atom. The molecule has 1 saturated heterocycles. The second-order valence-electron chi connectivity index (χ2n) is 9.07. The van der Waals surface area contributed by atoms with Crippen molar-refractivity contribution in [2.45, 2.75) is 38.5 Å². The van der Waals surface area contributed by atoms with Gasteiger partial charge in [0.1, 0.15) is 5.60 Å². The van der Waals surface area contributed by atoms with Crippen LogP contribution < -0.4 is 5.32 Å². The second kappa shape index (κ2) is 8.52. The van der Waals surface area contributed by atoms with Gasteiger partial charge in [-0.15, -0.1) is 0 Å². The van der Waals surface area contributed by atoms with Crippen LogP contribution in [0.3, 0.4) is 0 Å². The molecule has 1 aromatic rings. The monoisotopic (exact) mass is 441 g/mol. The molecule has 2 atom stereocenters. The van der Waals surface area contributed by atoms with Gasteiger partial charge in [-0.3, -0.25) is 9.69 Å². The number of rotatable bonds is 2. The highest BCUT2D eigenvalue weighted by Crippen LogP contribution is 2.39. The highest BCUT2D eigenvalue weighted by Gasteiger charge is 2.38. The van der Waals surface area contributed by atoms with Gasteiger partial charge in [-0.25, -0.2) is 4.79 Å². The van der Waals surface area contributed by atoms with Crippen molar-refractivity contribution in [2.24, 2.45) is 0 Å². The molecule has 2 heterocycles. The first kappa shape index (κ1) is 21.7. The molecular formula is C24H28ClN3O3. The number of dihydropyridines is 1. The number of allylic oxidation sites excluding steroid dienone is 3. The van der Waals surface area contributed by atoms with Gasteiger partial charge in [0.2, 0.25) is 0 Å². The maximum atomic E-state index is 12.5. The van der Waals surface area contributed by atoms with Crippen LogP contribution in [0, 0.1) is 0 Å². The number of aldehydes is 1. The largest absolute Gasteiger partial charge is 0.444 e. The van der Waals surface area contributed by atoms with Crippen molar-refractivity contribution in [1.29, 1.82) is 0 Å². The molecule has 31 heavy (non-hydrogen) atoms. The third-order valence-corrected chi connectivity index (χ3v) is 6.02. The summed E-state index contributed by atoms with van der Waals surface area (Å²) in [5, 5.41) is 4.09. The van der Waals surface area contributed by atoms with Gasteiger partial charge >= 0.3 is 6.09 Å². The van der Waals surface area contributed by atoms with Gasteiger partial charge in [0.25, 0.3) is 0 Å². The molecule has 0 bridgehead atoms. The minimum atomic E-state index is -0.511. The molecule has 1 N–H and O–H groups in total. The van der Waals surface area contributed by atoms with E-state index in [1.807, 2.05) is 63.4 Å². The number of halogens is 1. The van der Waals surface area contributed by atoms with Crippen LogP contribution in [0.5, 0.6) is 0 Å². The predicted molar refractivity (Wildman–Crippen MR) is 122 cm³/mol. The van der Waals surface area contributed by atoms with Crippen molar-refractivity contribution >= 4 is 29.6 Å². The van der Waals surface area contributed by atoms with Crippen molar-refractivity contribution < 1.29 is 14.3 Å². The molecule has 6 nitrogen and oxygen atoms in total. The Kier molecular flexibility index (Phi) is 5.95. The minimum Gasteiger partial charge on any atom is -0.444 e. The van der Waals surface area contributed by atoms with Gasteiger partial charge in [0.05, 0.1) is 12.1 Å². The van der Waals surface area contributed by atoms with Crippen LogP contribution in [0.15, 0.2) is 48.2 Å². The number of hydrogen-bond acceptors (Lipinski definition) is 5. The normalized spacial score (nSPS) is 23.5.